The van der Waals surface area contributed by atoms with Gasteiger partial charge in [0.1, 0.15) is 0 Å². The van der Waals surface area contributed by atoms with Crippen molar-refractivity contribution in [2.24, 2.45) is 0 Å². The van der Waals surface area contributed by atoms with Gasteiger partial charge in [-0.25, -0.2) is 15.0 Å². The zero-order valence-electron chi connectivity index (χ0n) is 29.2. The highest BCUT2D eigenvalue weighted by Gasteiger charge is 2.39. The van der Waals surface area contributed by atoms with E-state index in [4.69, 9.17) is 24.4 Å². The minimum atomic E-state index is -0.118. The first-order valence-electron chi connectivity index (χ1n) is 17.8. The number of hydrogen-bond donors (Lipinski definition) is 0. The highest BCUT2D eigenvalue weighted by atomic mass is 16.6. The quantitative estimate of drug-likeness (QED) is 0.181. The molecule has 0 saturated carbocycles. The molecule has 0 atom stereocenters. The van der Waals surface area contributed by atoms with Gasteiger partial charge in [0.25, 0.3) is 0 Å². The van der Waals surface area contributed by atoms with Crippen molar-refractivity contribution in [3.8, 4) is 90.5 Å². The number of fused-ring (bicyclic) bond motifs is 6. The molecule has 2 heterocycles. The summed E-state index contributed by atoms with van der Waals surface area (Å²) in [5.41, 5.74) is 11.7. The van der Waals surface area contributed by atoms with Crippen LogP contribution in [0.1, 0.15) is 25.0 Å². The Morgan fingerprint density at radius 2 is 0.906 bits per heavy atom. The van der Waals surface area contributed by atoms with Gasteiger partial charge in [-0.2, -0.15) is 0 Å². The van der Waals surface area contributed by atoms with E-state index in [0.717, 1.165) is 56.0 Å². The van der Waals surface area contributed by atoms with Crippen molar-refractivity contribution in [1.29, 1.82) is 0 Å². The highest BCUT2D eigenvalue weighted by molar-refractivity contribution is 5.88. The lowest BCUT2D eigenvalue weighted by molar-refractivity contribution is 0.360. The van der Waals surface area contributed by atoms with Gasteiger partial charge in [-0.3, -0.25) is 0 Å². The molecule has 0 fully saturated rings. The normalized spacial score (nSPS) is 13.2. The molecule has 0 radical (unpaired) electrons. The van der Waals surface area contributed by atoms with Crippen molar-refractivity contribution in [1.82, 2.24) is 15.0 Å². The molecule has 0 N–H and O–H groups in total. The van der Waals surface area contributed by atoms with E-state index in [9.17, 15) is 0 Å². The van der Waals surface area contributed by atoms with Gasteiger partial charge >= 0.3 is 0 Å². The van der Waals surface area contributed by atoms with Crippen LogP contribution in [-0.4, -0.2) is 15.0 Å². The smallest absolute Gasteiger partial charge is 0.178 e. The lowest BCUT2D eigenvalue weighted by Gasteiger charge is -2.25. The van der Waals surface area contributed by atoms with Crippen LogP contribution in [0.4, 0.5) is 0 Å². The molecule has 0 spiro atoms. The summed E-state index contributed by atoms with van der Waals surface area (Å²) in [7, 11) is 0. The first-order valence-corrected chi connectivity index (χ1v) is 17.8. The first-order chi connectivity index (χ1) is 26.0. The zero-order valence-corrected chi connectivity index (χ0v) is 29.2. The Bertz CT molecular complexity index is 2700. The van der Waals surface area contributed by atoms with E-state index in [0.29, 0.717) is 29.0 Å². The summed E-state index contributed by atoms with van der Waals surface area (Å²) in [6.07, 6.45) is 0. The molecule has 5 heteroatoms. The molecule has 2 aliphatic rings. The first kappa shape index (κ1) is 30.9. The Morgan fingerprint density at radius 1 is 0.377 bits per heavy atom. The Hall–Kier alpha value is -6.85. The number of rotatable bonds is 5. The third-order valence-electron chi connectivity index (χ3n) is 10.4. The minimum absolute atomic E-state index is 0.118. The van der Waals surface area contributed by atoms with Gasteiger partial charge in [0.05, 0.1) is 0 Å². The summed E-state index contributed by atoms with van der Waals surface area (Å²) < 4.78 is 13.2. The predicted octanol–water partition coefficient (Wildman–Crippen LogP) is 12.4. The molecular weight excluding hydrogens is 651 g/mol. The summed E-state index contributed by atoms with van der Waals surface area (Å²) in [6.45, 7) is 4.54. The van der Waals surface area contributed by atoms with Gasteiger partial charge in [-0.15, -0.1) is 0 Å². The van der Waals surface area contributed by atoms with E-state index in [1.807, 2.05) is 66.7 Å². The van der Waals surface area contributed by atoms with Crippen molar-refractivity contribution < 1.29 is 9.47 Å². The lowest BCUT2D eigenvalue weighted by Crippen LogP contribution is -2.15. The third-order valence-corrected chi connectivity index (χ3v) is 10.4. The van der Waals surface area contributed by atoms with Crippen LogP contribution in [0.25, 0.3) is 67.5 Å². The van der Waals surface area contributed by atoms with Crippen molar-refractivity contribution >= 4 is 0 Å². The molecule has 8 aromatic rings. The Morgan fingerprint density at radius 3 is 1.60 bits per heavy atom. The van der Waals surface area contributed by atoms with Gasteiger partial charge in [0.2, 0.25) is 0 Å². The summed E-state index contributed by atoms with van der Waals surface area (Å²) >= 11 is 0. The van der Waals surface area contributed by atoms with Crippen molar-refractivity contribution in [3.05, 3.63) is 175 Å². The van der Waals surface area contributed by atoms with Crippen molar-refractivity contribution in [3.63, 3.8) is 0 Å². The van der Waals surface area contributed by atoms with E-state index >= 15 is 0 Å². The maximum Gasteiger partial charge on any atom is 0.178 e. The number of aromatic nitrogens is 3. The second-order valence-electron chi connectivity index (χ2n) is 14.1. The van der Waals surface area contributed by atoms with Gasteiger partial charge in [0, 0.05) is 27.7 Å². The van der Waals surface area contributed by atoms with Gasteiger partial charge in [-0.1, -0.05) is 147 Å². The van der Waals surface area contributed by atoms with Crippen LogP contribution in [0, 0.1) is 0 Å². The molecule has 1 aliphatic carbocycles. The monoisotopic (exact) mass is 683 g/mol. The molecule has 252 valence electrons. The maximum atomic E-state index is 6.65. The third kappa shape index (κ3) is 5.28. The fraction of sp³-hybridized carbons (Fsp3) is 0.0625. The van der Waals surface area contributed by atoms with Crippen molar-refractivity contribution in [2.45, 2.75) is 19.3 Å². The standard InChI is InChI=1S/C48H33N3O2/c1-48(2)38-22-10-9-21-37(38)43-39(48)24-26-41-44(43)53-40-25-23-34(29-42(40)52-41)33-18-12-20-36(28-33)47-50-45(31-15-7-4-8-16-31)49-46(51-47)35-19-11-17-32(27-35)30-13-5-3-6-14-30/h3-29H,1-2H3. The van der Waals surface area contributed by atoms with Crippen molar-refractivity contribution in [2.75, 3.05) is 0 Å². The van der Waals surface area contributed by atoms with E-state index in [-0.39, 0.29) is 5.41 Å². The molecule has 10 rings (SSSR count). The molecule has 7 aromatic carbocycles. The Kier molecular flexibility index (Phi) is 7.08. The van der Waals surface area contributed by atoms with Crippen LogP contribution < -0.4 is 9.47 Å². The molecule has 5 nitrogen and oxygen atoms in total. The predicted molar refractivity (Wildman–Crippen MR) is 211 cm³/mol. The average molecular weight is 684 g/mol. The summed E-state index contributed by atoms with van der Waals surface area (Å²) in [5, 5.41) is 0. The van der Waals surface area contributed by atoms with Crippen LogP contribution in [-0.2, 0) is 5.41 Å². The SMILES string of the molecule is CC1(C)c2ccccc2-c2c1ccc1c2Oc2ccc(-c3cccc(-c4nc(-c5ccccc5)nc(-c5cccc(-c6ccccc6)c5)n4)c3)cc2O1. The molecule has 1 aromatic heterocycles. The van der Waals surface area contributed by atoms with E-state index in [1.165, 1.54) is 16.7 Å². The lowest BCUT2D eigenvalue weighted by atomic mass is 9.82. The Labute approximate surface area is 308 Å². The van der Waals surface area contributed by atoms with Crippen LogP contribution >= 0.6 is 0 Å². The summed E-state index contributed by atoms with van der Waals surface area (Å²) in [5.74, 6) is 4.71. The fourth-order valence-electron chi connectivity index (χ4n) is 7.66. The van der Waals surface area contributed by atoms with E-state index < -0.39 is 0 Å². The fourth-order valence-corrected chi connectivity index (χ4v) is 7.66. The molecule has 53 heavy (non-hydrogen) atoms. The maximum absolute atomic E-state index is 6.65. The number of ether oxygens (including phenoxy) is 2. The summed E-state index contributed by atoms with van der Waals surface area (Å²) in [4.78, 5) is 15.0. The second-order valence-corrected chi connectivity index (χ2v) is 14.1. The summed E-state index contributed by atoms with van der Waals surface area (Å²) in [6, 6.07) is 56.0. The molecule has 0 amide bonds. The van der Waals surface area contributed by atoms with E-state index in [1.54, 1.807) is 0 Å². The topological polar surface area (TPSA) is 57.1 Å². The molecular formula is C48H33N3O2. The molecule has 0 bridgehead atoms. The van der Waals surface area contributed by atoms with Gasteiger partial charge < -0.3 is 9.47 Å². The van der Waals surface area contributed by atoms with Crippen LogP contribution in [0.15, 0.2) is 164 Å². The number of hydrogen-bond acceptors (Lipinski definition) is 5. The molecule has 1 aliphatic heterocycles. The van der Waals surface area contributed by atoms with Gasteiger partial charge in [-0.05, 0) is 69.3 Å². The molecule has 0 unspecified atom stereocenters. The zero-order chi connectivity index (χ0) is 35.5. The highest BCUT2D eigenvalue weighted by Crippen LogP contribution is 2.58. The average Bonchev–Trinajstić information content (AvgIpc) is 3.46. The minimum Gasteiger partial charge on any atom is -0.449 e. The Balaban J connectivity index is 1.02. The largest absolute Gasteiger partial charge is 0.449 e. The second kappa shape index (κ2) is 12.1. The van der Waals surface area contributed by atoms with Gasteiger partial charge in [0.15, 0.2) is 40.5 Å². The molecule has 0 saturated heterocycles. The van der Waals surface area contributed by atoms with E-state index in [2.05, 4.69) is 111 Å². The van der Waals surface area contributed by atoms with Crippen LogP contribution in [0.5, 0.6) is 23.0 Å². The number of nitrogens with zero attached hydrogens (tertiary/aromatic N) is 3. The number of benzene rings is 7. The van der Waals surface area contributed by atoms with Crippen LogP contribution in [0.3, 0.4) is 0 Å². The van der Waals surface area contributed by atoms with Crippen LogP contribution in [0.2, 0.25) is 0 Å².